The average molecular weight is 386 g/mol. The number of carbonyl (C=O) groups is 2. The Labute approximate surface area is 164 Å². The summed E-state index contributed by atoms with van der Waals surface area (Å²) in [5.74, 6) is 0.0371. The Kier molecular flexibility index (Phi) is 8.01. The van der Waals surface area contributed by atoms with Gasteiger partial charge in [0.1, 0.15) is 0 Å². The van der Waals surface area contributed by atoms with Crippen LogP contribution in [0.1, 0.15) is 54.1 Å². The zero-order valence-corrected chi connectivity index (χ0v) is 16.3. The van der Waals surface area contributed by atoms with E-state index in [-0.39, 0.29) is 18.2 Å². The highest BCUT2D eigenvalue weighted by atomic mass is 35.5. The second-order valence-corrected chi connectivity index (χ2v) is 6.86. The zero-order chi connectivity index (χ0) is 19.6. The molecule has 27 heavy (non-hydrogen) atoms. The van der Waals surface area contributed by atoms with Crippen molar-refractivity contribution in [3.63, 3.8) is 0 Å². The van der Waals surface area contributed by atoms with E-state index in [1.54, 1.807) is 30.5 Å². The third-order valence-corrected chi connectivity index (χ3v) is 4.32. The predicted octanol–water partition coefficient (Wildman–Crippen LogP) is 4.12. The smallest absolute Gasteiger partial charge is 0.252 e. The van der Waals surface area contributed by atoms with Crippen molar-refractivity contribution >= 4 is 29.6 Å². The third-order valence-electron chi connectivity index (χ3n) is 3.99. The van der Waals surface area contributed by atoms with Crippen LogP contribution < -0.4 is 10.7 Å². The van der Waals surface area contributed by atoms with Crippen LogP contribution in [0.5, 0.6) is 0 Å². The third kappa shape index (κ3) is 6.87. The number of nitrogens with one attached hydrogen (secondary N) is 2. The van der Waals surface area contributed by atoms with Gasteiger partial charge in [0.2, 0.25) is 5.91 Å². The number of amides is 2. The Morgan fingerprint density at radius 1 is 1.11 bits per heavy atom. The Morgan fingerprint density at radius 2 is 1.81 bits per heavy atom. The molecule has 2 aromatic rings. The van der Waals surface area contributed by atoms with Crippen LogP contribution in [0, 0.1) is 0 Å². The summed E-state index contributed by atoms with van der Waals surface area (Å²) in [6.07, 6.45) is 2.40. The average Bonchev–Trinajstić information content (AvgIpc) is 2.66. The highest BCUT2D eigenvalue weighted by Gasteiger charge is 2.08. The molecular formula is C21H24ClN3O2. The quantitative estimate of drug-likeness (QED) is 0.407. The minimum absolute atomic E-state index is 0.197. The number of hydrogen-bond acceptors (Lipinski definition) is 3. The van der Waals surface area contributed by atoms with Gasteiger partial charge in [-0.15, -0.1) is 0 Å². The number of hydrazone groups is 1. The van der Waals surface area contributed by atoms with Gasteiger partial charge < -0.3 is 5.32 Å². The van der Waals surface area contributed by atoms with Crippen LogP contribution in [0.25, 0.3) is 0 Å². The lowest BCUT2D eigenvalue weighted by Gasteiger charge is -2.06. The predicted molar refractivity (Wildman–Crippen MR) is 109 cm³/mol. The zero-order valence-electron chi connectivity index (χ0n) is 15.5. The molecule has 0 heterocycles. The topological polar surface area (TPSA) is 70.6 Å². The molecule has 0 aromatic heterocycles. The molecule has 0 saturated heterocycles. The fourth-order valence-corrected chi connectivity index (χ4v) is 2.61. The van der Waals surface area contributed by atoms with E-state index >= 15 is 0 Å². The summed E-state index contributed by atoms with van der Waals surface area (Å²) >= 11 is 5.97. The lowest BCUT2D eigenvalue weighted by molar-refractivity contribution is -0.121. The molecule has 142 valence electrons. The standard InChI is InChI=1S/C21H24ClN3O2/c1-15(2)17-11-9-16(10-12-17)14-24-25-20(26)8-5-13-23-21(27)18-6-3-4-7-19(18)22/h3-4,6-7,9-12,14-15H,5,8,13H2,1-2H3,(H,23,27)(H,25,26)/b24-14+. The van der Waals surface area contributed by atoms with Crippen LogP contribution in [0.3, 0.4) is 0 Å². The molecule has 0 bridgehead atoms. The Morgan fingerprint density at radius 3 is 2.48 bits per heavy atom. The van der Waals surface area contributed by atoms with Gasteiger partial charge in [-0.3, -0.25) is 9.59 Å². The Hall–Kier alpha value is -2.66. The maximum atomic E-state index is 12.0. The highest BCUT2D eigenvalue weighted by molar-refractivity contribution is 6.33. The molecule has 0 saturated carbocycles. The molecule has 2 aromatic carbocycles. The van der Waals surface area contributed by atoms with Crippen molar-refractivity contribution in [3.8, 4) is 0 Å². The lowest BCUT2D eigenvalue weighted by Crippen LogP contribution is -2.26. The normalized spacial score (nSPS) is 11.0. The van der Waals surface area contributed by atoms with Crippen molar-refractivity contribution in [2.75, 3.05) is 6.54 Å². The van der Waals surface area contributed by atoms with E-state index < -0.39 is 0 Å². The first-order valence-corrected chi connectivity index (χ1v) is 9.29. The summed E-state index contributed by atoms with van der Waals surface area (Å²) in [7, 11) is 0. The SMILES string of the molecule is CC(C)c1ccc(/C=N/NC(=O)CCCNC(=O)c2ccccc2Cl)cc1. The minimum atomic E-state index is -0.246. The number of carbonyl (C=O) groups excluding carboxylic acids is 2. The van der Waals surface area contributed by atoms with Gasteiger partial charge in [0.25, 0.3) is 5.91 Å². The Bertz CT molecular complexity index is 801. The lowest BCUT2D eigenvalue weighted by atomic mass is 10.0. The van der Waals surface area contributed by atoms with Gasteiger partial charge in [-0.1, -0.05) is 61.8 Å². The molecule has 0 radical (unpaired) electrons. The molecule has 0 aliphatic heterocycles. The molecule has 2 amide bonds. The van der Waals surface area contributed by atoms with Gasteiger partial charge in [0, 0.05) is 13.0 Å². The van der Waals surface area contributed by atoms with Crippen LogP contribution in [0.4, 0.5) is 0 Å². The second-order valence-electron chi connectivity index (χ2n) is 6.45. The molecule has 6 heteroatoms. The monoisotopic (exact) mass is 385 g/mol. The summed E-state index contributed by atoms with van der Waals surface area (Å²) in [5.41, 5.74) is 5.10. The minimum Gasteiger partial charge on any atom is -0.352 e. The molecule has 5 nitrogen and oxygen atoms in total. The van der Waals surface area contributed by atoms with E-state index in [9.17, 15) is 9.59 Å². The molecule has 0 fully saturated rings. The maximum Gasteiger partial charge on any atom is 0.252 e. The van der Waals surface area contributed by atoms with Crippen LogP contribution >= 0.6 is 11.6 Å². The van der Waals surface area contributed by atoms with E-state index in [1.807, 2.05) is 12.1 Å². The van der Waals surface area contributed by atoms with Gasteiger partial charge >= 0.3 is 0 Å². The van der Waals surface area contributed by atoms with Crippen LogP contribution in [-0.4, -0.2) is 24.6 Å². The molecule has 0 atom stereocenters. The van der Waals surface area contributed by atoms with Gasteiger partial charge in [0.05, 0.1) is 16.8 Å². The van der Waals surface area contributed by atoms with Crippen LogP contribution in [0.15, 0.2) is 53.6 Å². The second kappa shape index (κ2) is 10.5. The summed E-state index contributed by atoms with van der Waals surface area (Å²) in [6.45, 7) is 4.66. The van der Waals surface area contributed by atoms with Crippen LogP contribution in [0.2, 0.25) is 5.02 Å². The molecule has 0 aliphatic rings. The van der Waals surface area contributed by atoms with Crippen molar-refractivity contribution in [1.29, 1.82) is 0 Å². The van der Waals surface area contributed by atoms with Gasteiger partial charge in [-0.25, -0.2) is 5.43 Å². The van der Waals surface area contributed by atoms with Crippen molar-refractivity contribution in [2.45, 2.75) is 32.6 Å². The largest absolute Gasteiger partial charge is 0.352 e. The van der Waals surface area contributed by atoms with E-state index in [0.29, 0.717) is 29.5 Å². The Balaban J connectivity index is 1.67. The van der Waals surface area contributed by atoms with Gasteiger partial charge in [0.15, 0.2) is 0 Å². The van der Waals surface area contributed by atoms with E-state index in [2.05, 4.69) is 41.8 Å². The van der Waals surface area contributed by atoms with Crippen molar-refractivity contribution in [3.05, 3.63) is 70.2 Å². The molecule has 0 unspecified atom stereocenters. The van der Waals surface area contributed by atoms with E-state index in [4.69, 9.17) is 11.6 Å². The first kappa shape index (κ1) is 20.6. The maximum absolute atomic E-state index is 12.0. The number of benzene rings is 2. The van der Waals surface area contributed by atoms with Gasteiger partial charge in [-0.2, -0.15) is 5.10 Å². The van der Waals surface area contributed by atoms with Gasteiger partial charge in [-0.05, 0) is 35.6 Å². The number of halogens is 1. The van der Waals surface area contributed by atoms with Crippen molar-refractivity contribution in [2.24, 2.45) is 5.10 Å². The summed E-state index contributed by atoms with van der Waals surface area (Å²) < 4.78 is 0. The molecule has 0 aliphatic carbocycles. The summed E-state index contributed by atoms with van der Waals surface area (Å²) in [4.78, 5) is 23.8. The highest BCUT2D eigenvalue weighted by Crippen LogP contribution is 2.15. The molecule has 2 N–H and O–H groups in total. The number of hydrogen-bond donors (Lipinski definition) is 2. The van der Waals surface area contributed by atoms with Crippen molar-refractivity contribution in [1.82, 2.24) is 10.7 Å². The van der Waals surface area contributed by atoms with Crippen molar-refractivity contribution < 1.29 is 9.59 Å². The van der Waals surface area contributed by atoms with E-state index in [0.717, 1.165) is 5.56 Å². The molecule has 2 rings (SSSR count). The van der Waals surface area contributed by atoms with Crippen LogP contribution in [-0.2, 0) is 4.79 Å². The first-order valence-electron chi connectivity index (χ1n) is 8.92. The fraction of sp³-hybridized carbons (Fsp3) is 0.286. The molecular weight excluding hydrogens is 362 g/mol. The molecule has 0 spiro atoms. The summed E-state index contributed by atoms with van der Waals surface area (Å²) in [6, 6.07) is 14.9. The fourth-order valence-electron chi connectivity index (χ4n) is 2.39. The number of nitrogens with zero attached hydrogens (tertiary/aromatic N) is 1. The van der Waals surface area contributed by atoms with E-state index in [1.165, 1.54) is 5.56 Å². The number of rotatable bonds is 8. The first-order chi connectivity index (χ1) is 13.0. The summed E-state index contributed by atoms with van der Waals surface area (Å²) in [5, 5.41) is 7.12.